The molecule has 2 aromatic carbocycles. The van der Waals surface area contributed by atoms with Gasteiger partial charge in [0.15, 0.2) is 10.9 Å². The lowest BCUT2D eigenvalue weighted by atomic mass is 10.1. The van der Waals surface area contributed by atoms with Crippen LogP contribution in [0, 0.1) is 0 Å². The normalized spacial score (nSPS) is 13.6. The van der Waals surface area contributed by atoms with E-state index in [1.54, 1.807) is 12.1 Å². The second-order valence-electron chi connectivity index (χ2n) is 5.72. The molecule has 0 saturated heterocycles. The third kappa shape index (κ3) is 5.19. The standard InChI is InChI=1S/C18H16ClN2O5PS/c19-18-17(7-4-12-20-18)26-27(22,23)13-21-28(24,25)16-10-8-15(9-11-16)14-5-2-1-3-6-14/h1-12,21H,13H2,(H,22,23). The van der Waals surface area contributed by atoms with Gasteiger partial charge in [0.25, 0.3) is 0 Å². The van der Waals surface area contributed by atoms with Crippen LogP contribution in [0.3, 0.4) is 0 Å². The van der Waals surface area contributed by atoms with E-state index >= 15 is 0 Å². The van der Waals surface area contributed by atoms with Gasteiger partial charge in [-0.3, -0.25) is 0 Å². The average molecular weight is 439 g/mol. The molecule has 3 aromatic rings. The number of nitrogens with one attached hydrogen (secondary N) is 1. The molecule has 3 rings (SSSR count). The molecule has 0 spiro atoms. The summed E-state index contributed by atoms with van der Waals surface area (Å²) in [5.41, 5.74) is 1.79. The molecule has 0 amide bonds. The molecule has 0 aliphatic heterocycles. The van der Waals surface area contributed by atoms with E-state index in [1.807, 2.05) is 30.3 Å². The molecule has 0 bridgehead atoms. The van der Waals surface area contributed by atoms with Gasteiger partial charge in [-0.2, -0.15) is 4.72 Å². The molecule has 0 fully saturated rings. The van der Waals surface area contributed by atoms with Gasteiger partial charge in [0, 0.05) is 6.20 Å². The van der Waals surface area contributed by atoms with Crippen molar-refractivity contribution in [3.8, 4) is 16.9 Å². The molecule has 1 heterocycles. The van der Waals surface area contributed by atoms with Crippen LogP contribution in [-0.2, 0) is 14.6 Å². The minimum Gasteiger partial charge on any atom is -0.420 e. The monoisotopic (exact) mass is 438 g/mol. The number of hydrogen-bond acceptors (Lipinski definition) is 5. The van der Waals surface area contributed by atoms with Gasteiger partial charge in [-0.1, -0.05) is 54.1 Å². The highest BCUT2D eigenvalue weighted by Gasteiger charge is 2.26. The molecule has 0 saturated carbocycles. The molecule has 0 aliphatic carbocycles. The molecular formula is C18H16ClN2O5PS. The van der Waals surface area contributed by atoms with E-state index in [-0.39, 0.29) is 15.8 Å². The number of aromatic nitrogens is 1. The van der Waals surface area contributed by atoms with Crippen LogP contribution in [0.4, 0.5) is 0 Å². The summed E-state index contributed by atoms with van der Waals surface area (Å²) in [5, 5.41) is -0.101. The number of pyridine rings is 1. The van der Waals surface area contributed by atoms with Crippen LogP contribution in [0.1, 0.15) is 0 Å². The quantitative estimate of drug-likeness (QED) is 0.428. The van der Waals surface area contributed by atoms with Gasteiger partial charge in [0.05, 0.1) is 4.90 Å². The zero-order chi connectivity index (χ0) is 20.2. The summed E-state index contributed by atoms with van der Waals surface area (Å²) in [6, 6.07) is 18.5. The second-order valence-corrected chi connectivity index (χ2v) is 9.62. The van der Waals surface area contributed by atoms with Gasteiger partial charge in [-0.25, -0.2) is 18.0 Å². The van der Waals surface area contributed by atoms with E-state index in [0.717, 1.165) is 11.1 Å². The van der Waals surface area contributed by atoms with Crippen LogP contribution in [0.2, 0.25) is 5.15 Å². The van der Waals surface area contributed by atoms with Crippen molar-refractivity contribution >= 4 is 29.2 Å². The molecular weight excluding hydrogens is 423 g/mol. The van der Waals surface area contributed by atoms with Gasteiger partial charge in [0.2, 0.25) is 10.0 Å². The highest BCUT2D eigenvalue weighted by atomic mass is 35.5. The van der Waals surface area contributed by atoms with Crippen molar-refractivity contribution in [3.63, 3.8) is 0 Å². The Balaban J connectivity index is 1.69. The maximum Gasteiger partial charge on any atom is 0.391 e. The minimum atomic E-state index is -4.33. The largest absolute Gasteiger partial charge is 0.420 e. The lowest BCUT2D eigenvalue weighted by Crippen LogP contribution is -2.25. The van der Waals surface area contributed by atoms with Gasteiger partial charge < -0.3 is 9.42 Å². The SMILES string of the molecule is O=P(O)(CNS(=O)(=O)c1ccc(-c2ccccc2)cc1)Oc1cccnc1Cl. The number of halogens is 1. The Hall–Kier alpha value is -2.22. The average Bonchev–Trinajstić information content (AvgIpc) is 2.69. The van der Waals surface area contributed by atoms with Crippen LogP contribution < -0.4 is 9.25 Å². The molecule has 1 unspecified atom stereocenters. The van der Waals surface area contributed by atoms with Crippen LogP contribution in [0.15, 0.2) is 77.8 Å². The van der Waals surface area contributed by atoms with E-state index < -0.39 is 23.9 Å². The molecule has 10 heteroatoms. The molecule has 1 atom stereocenters. The Morgan fingerprint density at radius 1 is 1.00 bits per heavy atom. The van der Waals surface area contributed by atoms with Gasteiger partial charge >= 0.3 is 7.60 Å². The van der Waals surface area contributed by atoms with Crippen molar-refractivity contribution in [3.05, 3.63) is 78.1 Å². The first-order valence-corrected chi connectivity index (χ1v) is 11.7. The maximum atomic E-state index is 12.4. The summed E-state index contributed by atoms with van der Waals surface area (Å²) < 4.78 is 44.0. The highest BCUT2D eigenvalue weighted by Crippen LogP contribution is 2.43. The third-order valence-electron chi connectivity index (χ3n) is 3.69. The Kier molecular flexibility index (Phi) is 6.17. The molecule has 1 aromatic heterocycles. The Labute approximate surface area is 167 Å². The van der Waals surface area contributed by atoms with Crippen LogP contribution in [-0.4, -0.2) is 24.6 Å². The molecule has 2 N–H and O–H groups in total. The predicted octanol–water partition coefficient (Wildman–Crippen LogP) is 3.90. The fourth-order valence-electron chi connectivity index (χ4n) is 2.33. The smallest absolute Gasteiger partial charge is 0.391 e. The van der Waals surface area contributed by atoms with Gasteiger partial charge in [-0.15, -0.1) is 0 Å². The zero-order valence-electron chi connectivity index (χ0n) is 14.4. The summed E-state index contributed by atoms with van der Waals surface area (Å²) in [6.45, 7) is 0. The van der Waals surface area contributed by atoms with Crippen LogP contribution in [0.5, 0.6) is 5.75 Å². The molecule has 146 valence electrons. The summed E-state index contributed by atoms with van der Waals surface area (Å²) in [7, 11) is -8.34. The minimum absolute atomic E-state index is 0.0356. The van der Waals surface area contributed by atoms with Crippen LogP contribution >= 0.6 is 19.2 Å². The van der Waals surface area contributed by atoms with E-state index in [1.165, 1.54) is 30.5 Å². The number of rotatable bonds is 7. The van der Waals surface area contributed by atoms with Crippen molar-refractivity contribution in [2.24, 2.45) is 0 Å². The van der Waals surface area contributed by atoms with E-state index in [9.17, 15) is 17.9 Å². The van der Waals surface area contributed by atoms with Crippen molar-refractivity contribution in [2.75, 3.05) is 6.29 Å². The van der Waals surface area contributed by atoms with Crippen molar-refractivity contribution in [2.45, 2.75) is 4.90 Å². The Bertz CT molecular complexity index is 1110. The Morgan fingerprint density at radius 2 is 1.64 bits per heavy atom. The molecule has 0 aliphatic rings. The molecule has 0 radical (unpaired) electrons. The van der Waals surface area contributed by atoms with E-state index in [0.29, 0.717) is 0 Å². The zero-order valence-corrected chi connectivity index (χ0v) is 16.9. The lowest BCUT2D eigenvalue weighted by Gasteiger charge is -2.15. The first-order valence-electron chi connectivity index (χ1n) is 8.04. The summed E-state index contributed by atoms with van der Waals surface area (Å²) in [4.78, 5) is 13.6. The van der Waals surface area contributed by atoms with Crippen molar-refractivity contribution in [1.29, 1.82) is 0 Å². The fraction of sp³-hybridized carbons (Fsp3) is 0.0556. The number of sulfonamides is 1. The van der Waals surface area contributed by atoms with Crippen molar-refractivity contribution in [1.82, 2.24) is 9.71 Å². The lowest BCUT2D eigenvalue weighted by molar-refractivity contribution is 0.377. The molecule has 28 heavy (non-hydrogen) atoms. The maximum absolute atomic E-state index is 12.4. The highest BCUT2D eigenvalue weighted by molar-refractivity contribution is 7.89. The first-order chi connectivity index (χ1) is 13.3. The third-order valence-corrected chi connectivity index (χ3v) is 6.65. The summed E-state index contributed by atoms with van der Waals surface area (Å²) in [5.74, 6) is -0.110. The number of hydrogen-bond donors (Lipinski definition) is 2. The first kappa shape index (κ1) is 20.5. The van der Waals surface area contributed by atoms with E-state index in [2.05, 4.69) is 9.71 Å². The number of nitrogens with zero attached hydrogens (tertiary/aromatic N) is 1. The summed E-state index contributed by atoms with van der Waals surface area (Å²) in [6.07, 6.45) is 0.570. The Morgan fingerprint density at radius 3 is 2.29 bits per heavy atom. The predicted molar refractivity (Wildman–Crippen MR) is 107 cm³/mol. The van der Waals surface area contributed by atoms with Crippen molar-refractivity contribution < 1.29 is 22.4 Å². The second kappa shape index (κ2) is 8.43. The summed E-state index contributed by atoms with van der Waals surface area (Å²) >= 11 is 5.77. The van der Waals surface area contributed by atoms with Gasteiger partial charge in [-0.05, 0) is 35.4 Å². The topological polar surface area (TPSA) is 106 Å². The van der Waals surface area contributed by atoms with Gasteiger partial charge in [0.1, 0.15) is 6.29 Å². The van der Waals surface area contributed by atoms with Crippen LogP contribution in [0.25, 0.3) is 11.1 Å². The fourth-order valence-corrected chi connectivity index (χ4v) is 5.06. The molecule has 7 nitrogen and oxygen atoms in total. The number of benzene rings is 2. The van der Waals surface area contributed by atoms with E-state index in [4.69, 9.17) is 16.1 Å².